The summed E-state index contributed by atoms with van der Waals surface area (Å²) < 4.78 is 0. The first-order chi connectivity index (χ1) is 8.70. The molecular weight excluding hydrogens is 220 g/mol. The molecule has 0 spiro atoms. The van der Waals surface area contributed by atoms with E-state index in [1.165, 1.54) is 64.2 Å². The van der Waals surface area contributed by atoms with E-state index in [4.69, 9.17) is 0 Å². The highest BCUT2D eigenvalue weighted by molar-refractivity contribution is 5.03. The summed E-state index contributed by atoms with van der Waals surface area (Å²) in [5.74, 6) is 0.907. The van der Waals surface area contributed by atoms with E-state index >= 15 is 0 Å². The van der Waals surface area contributed by atoms with Gasteiger partial charge in [-0.15, -0.1) is 0 Å². The molecule has 106 valence electrons. The van der Waals surface area contributed by atoms with Crippen molar-refractivity contribution in [3.05, 3.63) is 0 Å². The molecule has 1 N–H and O–H groups in total. The van der Waals surface area contributed by atoms with E-state index in [1.54, 1.807) is 0 Å². The fourth-order valence-corrected chi connectivity index (χ4v) is 4.61. The number of nitrogens with one attached hydrogen (secondary N) is 1. The van der Waals surface area contributed by atoms with Crippen LogP contribution in [-0.4, -0.2) is 37.6 Å². The lowest BCUT2D eigenvalue weighted by atomic mass is 9.68. The van der Waals surface area contributed by atoms with Crippen molar-refractivity contribution in [2.45, 2.75) is 75.8 Å². The van der Waals surface area contributed by atoms with Gasteiger partial charge in [0.05, 0.1) is 0 Å². The molecule has 2 aliphatic rings. The fraction of sp³-hybridized carbons (Fsp3) is 1.00. The van der Waals surface area contributed by atoms with Gasteiger partial charge in [-0.3, -0.25) is 0 Å². The molecule has 0 heterocycles. The van der Waals surface area contributed by atoms with Crippen molar-refractivity contribution in [1.29, 1.82) is 0 Å². The first-order valence-electron chi connectivity index (χ1n) is 8.05. The fourth-order valence-electron chi connectivity index (χ4n) is 4.61. The summed E-state index contributed by atoms with van der Waals surface area (Å²) in [6.45, 7) is 0. The van der Waals surface area contributed by atoms with E-state index in [1.807, 2.05) is 0 Å². The molecule has 2 rings (SSSR count). The van der Waals surface area contributed by atoms with E-state index in [2.05, 4.69) is 31.4 Å². The first-order valence-corrected chi connectivity index (χ1v) is 8.05. The van der Waals surface area contributed by atoms with Crippen LogP contribution in [0, 0.1) is 5.92 Å². The maximum absolute atomic E-state index is 3.72. The molecule has 0 aromatic carbocycles. The Hall–Kier alpha value is -0.0800. The van der Waals surface area contributed by atoms with E-state index in [9.17, 15) is 0 Å². The normalized spacial score (nSPS) is 27.3. The Morgan fingerprint density at radius 2 is 1.50 bits per heavy atom. The Bertz CT molecular complexity index is 237. The zero-order valence-electron chi connectivity index (χ0n) is 12.7. The number of rotatable bonds is 4. The Kier molecular flexibility index (Phi) is 5.08. The van der Waals surface area contributed by atoms with Crippen LogP contribution in [0.1, 0.15) is 64.2 Å². The monoisotopic (exact) mass is 252 g/mol. The van der Waals surface area contributed by atoms with Crippen LogP contribution in [0.15, 0.2) is 0 Å². The summed E-state index contributed by atoms with van der Waals surface area (Å²) in [5.41, 5.74) is 0.426. The summed E-state index contributed by atoms with van der Waals surface area (Å²) in [7, 11) is 6.80. The van der Waals surface area contributed by atoms with Gasteiger partial charge >= 0.3 is 0 Å². The van der Waals surface area contributed by atoms with Gasteiger partial charge < -0.3 is 10.2 Å². The molecule has 1 unspecified atom stereocenters. The Labute approximate surface area is 114 Å². The molecule has 0 radical (unpaired) electrons. The molecule has 0 amide bonds. The van der Waals surface area contributed by atoms with Crippen LogP contribution in [-0.2, 0) is 0 Å². The highest BCUT2D eigenvalue weighted by atomic mass is 15.2. The lowest BCUT2D eigenvalue weighted by molar-refractivity contribution is 0.0271. The molecule has 2 nitrogen and oxygen atoms in total. The van der Waals surface area contributed by atoms with Crippen LogP contribution in [0.4, 0.5) is 0 Å². The van der Waals surface area contributed by atoms with Gasteiger partial charge in [0.15, 0.2) is 0 Å². The average molecular weight is 252 g/mol. The Morgan fingerprint density at radius 3 is 2.00 bits per heavy atom. The molecule has 0 aliphatic heterocycles. The van der Waals surface area contributed by atoms with Crippen molar-refractivity contribution in [2.24, 2.45) is 5.92 Å². The molecule has 0 bridgehead atoms. The summed E-state index contributed by atoms with van der Waals surface area (Å²) >= 11 is 0. The van der Waals surface area contributed by atoms with Gasteiger partial charge in [0.1, 0.15) is 0 Å². The van der Waals surface area contributed by atoms with Gasteiger partial charge in [-0.2, -0.15) is 0 Å². The third-order valence-electron chi connectivity index (χ3n) is 5.62. The van der Waals surface area contributed by atoms with Crippen LogP contribution in [0.5, 0.6) is 0 Å². The predicted octanol–water partition coefficient (Wildman–Crippen LogP) is 3.42. The third-order valence-corrected chi connectivity index (χ3v) is 5.62. The van der Waals surface area contributed by atoms with Gasteiger partial charge in [0, 0.05) is 11.6 Å². The van der Waals surface area contributed by atoms with E-state index in [0.29, 0.717) is 11.6 Å². The lowest BCUT2D eigenvalue weighted by Gasteiger charge is -2.51. The van der Waals surface area contributed by atoms with Crippen LogP contribution in [0.3, 0.4) is 0 Å². The minimum atomic E-state index is 0.426. The second kappa shape index (κ2) is 6.38. The van der Waals surface area contributed by atoms with Gasteiger partial charge in [0.2, 0.25) is 0 Å². The molecule has 2 aliphatic carbocycles. The first kappa shape index (κ1) is 14.3. The SMILES string of the molecule is CNC(C1CCCCC1)C1(N(C)C)CCCCC1. The molecule has 2 saturated carbocycles. The Morgan fingerprint density at radius 1 is 0.944 bits per heavy atom. The third kappa shape index (κ3) is 2.75. The summed E-state index contributed by atoms with van der Waals surface area (Å²) in [6, 6.07) is 0.702. The molecule has 2 fully saturated rings. The highest BCUT2D eigenvalue weighted by Crippen LogP contribution is 2.41. The molecule has 0 saturated heterocycles. The average Bonchev–Trinajstić information content (AvgIpc) is 2.41. The number of hydrogen-bond acceptors (Lipinski definition) is 2. The van der Waals surface area contributed by atoms with E-state index in [0.717, 1.165) is 5.92 Å². The Balaban J connectivity index is 2.15. The quantitative estimate of drug-likeness (QED) is 0.825. The largest absolute Gasteiger partial charge is 0.315 e. The van der Waals surface area contributed by atoms with Crippen molar-refractivity contribution in [1.82, 2.24) is 10.2 Å². The van der Waals surface area contributed by atoms with Crippen LogP contribution in [0.2, 0.25) is 0 Å². The molecule has 2 heteroatoms. The molecule has 0 aromatic rings. The zero-order chi connectivity index (χ0) is 13.0. The van der Waals surface area contributed by atoms with Crippen LogP contribution in [0.25, 0.3) is 0 Å². The van der Waals surface area contributed by atoms with Gasteiger partial charge in [0.25, 0.3) is 0 Å². The van der Waals surface area contributed by atoms with Gasteiger partial charge in [-0.1, -0.05) is 38.5 Å². The number of hydrogen-bond donors (Lipinski definition) is 1. The maximum atomic E-state index is 3.72. The van der Waals surface area contributed by atoms with Gasteiger partial charge in [-0.05, 0) is 52.7 Å². The topological polar surface area (TPSA) is 15.3 Å². The molecule has 1 atom stereocenters. The van der Waals surface area contributed by atoms with E-state index < -0.39 is 0 Å². The second-order valence-corrected chi connectivity index (χ2v) is 6.72. The van der Waals surface area contributed by atoms with Crippen molar-refractivity contribution in [3.8, 4) is 0 Å². The molecule has 18 heavy (non-hydrogen) atoms. The second-order valence-electron chi connectivity index (χ2n) is 6.72. The van der Waals surface area contributed by atoms with Crippen LogP contribution < -0.4 is 5.32 Å². The maximum Gasteiger partial charge on any atom is 0.0359 e. The smallest absolute Gasteiger partial charge is 0.0359 e. The summed E-state index contributed by atoms with van der Waals surface area (Å²) in [5, 5.41) is 3.72. The van der Waals surface area contributed by atoms with Crippen molar-refractivity contribution >= 4 is 0 Å². The molecular formula is C16H32N2. The number of likely N-dealkylation sites (N-methyl/N-ethyl adjacent to an activating group) is 2. The van der Waals surface area contributed by atoms with Crippen LogP contribution >= 0.6 is 0 Å². The van der Waals surface area contributed by atoms with Crippen molar-refractivity contribution in [3.63, 3.8) is 0 Å². The van der Waals surface area contributed by atoms with E-state index in [-0.39, 0.29) is 0 Å². The number of nitrogens with zero attached hydrogens (tertiary/aromatic N) is 1. The standard InChI is InChI=1S/C16H32N2/c1-17-15(14-10-6-4-7-11-14)16(18(2)3)12-8-5-9-13-16/h14-15,17H,4-13H2,1-3H3. The minimum Gasteiger partial charge on any atom is -0.315 e. The highest BCUT2D eigenvalue weighted by Gasteiger charge is 2.44. The molecule has 0 aromatic heterocycles. The zero-order valence-corrected chi connectivity index (χ0v) is 12.7. The lowest BCUT2D eigenvalue weighted by Crippen LogP contribution is -2.62. The summed E-state index contributed by atoms with van der Waals surface area (Å²) in [4.78, 5) is 2.54. The minimum absolute atomic E-state index is 0.426. The van der Waals surface area contributed by atoms with Crippen molar-refractivity contribution in [2.75, 3.05) is 21.1 Å². The summed E-state index contributed by atoms with van der Waals surface area (Å²) in [6.07, 6.45) is 14.3. The predicted molar refractivity (Wildman–Crippen MR) is 78.9 cm³/mol. The van der Waals surface area contributed by atoms with Gasteiger partial charge in [-0.25, -0.2) is 0 Å². The van der Waals surface area contributed by atoms with Crippen molar-refractivity contribution < 1.29 is 0 Å².